The second kappa shape index (κ2) is 12.5. The average molecular weight is 326 g/mol. The first-order valence-corrected chi connectivity index (χ1v) is 8.93. The third kappa shape index (κ3) is 6.72. The standard InChI is InChI=1S/C20H24.C2H6.CH5N/c1-15-9-5-7-11-19(15)17(3)13-14-18(4)20-12-8-6-10-16(20)2;2*1-2/h5-11,13-14,18,20H,3,12H2,1-2,4H3;1-2H3;2H2,1H3/b14-13-;;. The van der Waals surface area contributed by atoms with E-state index < -0.39 is 0 Å². The van der Waals surface area contributed by atoms with Crippen molar-refractivity contribution in [1.82, 2.24) is 0 Å². The highest BCUT2D eigenvalue weighted by atomic mass is 14.4. The van der Waals surface area contributed by atoms with Gasteiger partial charge in [-0.3, -0.25) is 0 Å². The predicted octanol–water partition coefficient (Wildman–Crippen LogP) is 6.32. The van der Waals surface area contributed by atoms with Gasteiger partial charge >= 0.3 is 0 Å². The lowest BCUT2D eigenvalue weighted by Crippen LogP contribution is -2.12. The Morgan fingerprint density at radius 2 is 1.83 bits per heavy atom. The number of allylic oxidation sites excluding steroid dienone is 7. The normalized spacial score (nSPS) is 17.1. The molecule has 24 heavy (non-hydrogen) atoms. The molecular formula is C23H35N. The van der Waals surface area contributed by atoms with E-state index in [-0.39, 0.29) is 0 Å². The quantitative estimate of drug-likeness (QED) is 0.644. The number of hydrogen-bond donors (Lipinski definition) is 1. The highest BCUT2D eigenvalue weighted by molar-refractivity contribution is 5.73. The van der Waals surface area contributed by atoms with Gasteiger partial charge in [-0.05, 0) is 55.9 Å². The zero-order valence-corrected chi connectivity index (χ0v) is 16.3. The summed E-state index contributed by atoms with van der Waals surface area (Å²) in [5, 5.41) is 0. The van der Waals surface area contributed by atoms with Crippen LogP contribution in [0.1, 0.15) is 45.2 Å². The maximum Gasteiger partial charge on any atom is -0.0108 e. The molecule has 0 heterocycles. The van der Waals surface area contributed by atoms with Gasteiger partial charge in [-0.25, -0.2) is 0 Å². The Labute approximate surface area is 149 Å². The Hall–Kier alpha value is -1.86. The van der Waals surface area contributed by atoms with Crippen molar-refractivity contribution in [2.45, 2.75) is 41.0 Å². The Balaban J connectivity index is 0.00000123. The van der Waals surface area contributed by atoms with E-state index in [4.69, 9.17) is 0 Å². The van der Waals surface area contributed by atoms with E-state index in [9.17, 15) is 0 Å². The molecule has 2 atom stereocenters. The number of aryl methyl sites for hydroxylation is 1. The minimum absolute atomic E-state index is 0.539. The van der Waals surface area contributed by atoms with Crippen molar-refractivity contribution in [3.05, 3.63) is 77.9 Å². The molecule has 1 aromatic carbocycles. The summed E-state index contributed by atoms with van der Waals surface area (Å²) in [5.74, 6) is 1.16. The van der Waals surface area contributed by atoms with E-state index in [1.54, 1.807) is 0 Å². The zero-order chi connectivity index (χ0) is 18.5. The van der Waals surface area contributed by atoms with Crippen molar-refractivity contribution in [3.63, 3.8) is 0 Å². The van der Waals surface area contributed by atoms with Crippen LogP contribution < -0.4 is 5.73 Å². The summed E-state index contributed by atoms with van der Waals surface area (Å²) in [6.45, 7) is 14.9. The molecule has 1 heteroatoms. The lowest BCUT2D eigenvalue weighted by atomic mass is 9.82. The van der Waals surface area contributed by atoms with Crippen LogP contribution in [0.3, 0.4) is 0 Å². The summed E-state index contributed by atoms with van der Waals surface area (Å²) in [6.07, 6.45) is 12.3. The fourth-order valence-electron chi connectivity index (χ4n) is 2.81. The Bertz CT molecular complexity index is 575. The zero-order valence-electron chi connectivity index (χ0n) is 16.3. The first-order chi connectivity index (χ1) is 11.6. The lowest BCUT2D eigenvalue weighted by molar-refractivity contribution is 0.487. The van der Waals surface area contributed by atoms with Gasteiger partial charge in [0.2, 0.25) is 0 Å². The van der Waals surface area contributed by atoms with E-state index in [2.05, 4.69) is 87.7 Å². The fraction of sp³-hybridized carbons (Fsp3) is 0.391. The number of benzene rings is 1. The molecular weight excluding hydrogens is 290 g/mol. The van der Waals surface area contributed by atoms with Crippen molar-refractivity contribution in [2.75, 3.05) is 7.05 Å². The molecule has 132 valence electrons. The van der Waals surface area contributed by atoms with Crippen LogP contribution in [-0.2, 0) is 0 Å². The summed E-state index contributed by atoms with van der Waals surface area (Å²) in [6, 6.07) is 8.42. The van der Waals surface area contributed by atoms with Crippen molar-refractivity contribution >= 4 is 5.57 Å². The predicted molar refractivity (Wildman–Crippen MR) is 111 cm³/mol. The minimum Gasteiger partial charge on any atom is -0.333 e. The Morgan fingerprint density at radius 3 is 2.42 bits per heavy atom. The Morgan fingerprint density at radius 1 is 1.21 bits per heavy atom. The molecule has 0 spiro atoms. The Kier molecular flexibility index (Phi) is 11.6. The molecule has 1 aromatic rings. The first kappa shape index (κ1) is 22.1. The van der Waals surface area contributed by atoms with Crippen LogP contribution in [0.4, 0.5) is 0 Å². The molecule has 0 saturated carbocycles. The monoisotopic (exact) mass is 325 g/mol. The van der Waals surface area contributed by atoms with E-state index in [1.165, 1.54) is 23.7 Å². The highest BCUT2D eigenvalue weighted by Gasteiger charge is 2.16. The first-order valence-electron chi connectivity index (χ1n) is 8.93. The van der Waals surface area contributed by atoms with Crippen LogP contribution in [0.15, 0.2) is 66.8 Å². The molecule has 1 nitrogen and oxygen atoms in total. The van der Waals surface area contributed by atoms with E-state index in [0.29, 0.717) is 11.8 Å². The van der Waals surface area contributed by atoms with Crippen LogP contribution in [0.25, 0.3) is 5.57 Å². The SMILES string of the molecule is C=C(/C=C\C(C)C1CC=CC=C1C)c1ccccc1C.CC.CN. The summed E-state index contributed by atoms with van der Waals surface area (Å²) in [5.41, 5.74) is 9.60. The second-order valence-corrected chi connectivity index (χ2v) is 5.74. The van der Waals surface area contributed by atoms with E-state index in [1.807, 2.05) is 13.8 Å². The molecule has 2 rings (SSSR count). The topological polar surface area (TPSA) is 26.0 Å². The van der Waals surface area contributed by atoms with E-state index >= 15 is 0 Å². The molecule has 1 aliphatic rings. The molecule has 0 amide bonds. The smallest absolute Gasteiger partial charge is 0.0108 e. The lowest BCUT2D eigenvalue weighted by Gasteiger charge is -2.23. The largest absolute Gasteiger partial charge is 0.333 e. The van der Waals surface area contributed by atoms with Gasteiger partial charge in [0, 0.05) is 0 Å². The van der Waals surface area contributed by atoms with Gasteiger partial charge in [0.25, 0.3) is 0 Å². The van der Waals surface area contributed by atoms with Crippen LogP contribution in [0, 0.1) is 18.8 Å². The molecule has 0 saturated heterocycles. The fourth-order valence-corrected chi connectivity index (χ4v) is 2.81. The maximum atomic E-state index is 4.50. The van der Waals surface area contributed by atoms with Gasteiger partial charge in [0.15, 0.2) is 0 Å². The molecule has 0 radical (unpaired) electrons. The summed E-state index contributed by atoms with van der Waals surface area (Å²) < 4.78 is 0. The van der Waals surface area contributed by atoms with Gasteiger partial charge in [0.1, 0.15) is 0 Å². The van der Waals surface area contributed by atoms with Crippen molar-refractivity contribution < 1.29 is 0 Å². The third-order valence-corrected chi connectivity index (χ3v) is 4.20. The van der Waals surface area contributed by atoms with Gasteiger partial charge in [-0.15, -0.1) is 0 Å². The molecule has 0 bridgehead atoms. The van der Waals surface area contributed by atoms with Gasteiger partial charge in [-0.1, -0.05) is 87.6 Å². The second-order valence-electron chi connectivity index (χ2n) is 5.74. The summed E-state index contributed by atoms with van der Waals surface area (Å²) in [7, 11) is 1.50. The van der Waals surface area contributed by atoms with Crippen molar-refractivity contribution in [3.8, 4) is 0 Å². The van der Waals surface area contributed by atoms with Crippen LogP contribution in [0.2, 0.25) is 0 Å². The molecule has 0 aromatic heterocycles. The molecule has 0 fully saturated rings. The van der Waals surface area contributed by atoms with Gasteiger partial charge < -0.3 is 5.73 Å². The average Bonchev–Trinajstić information content (AvgIpc) is 2.63. The molecule has 0 aliphatic heterocycles. The minimum atomic E-state index is 0.539. The molecule has 1 aliphatic carbocycles. The number of nitrogens with two attached hydrogens (primary N) is 1. The highest BCUT2D eigenvalue weighted by Crippen LogP contribution is 2.29. The summed E-state index contributed by atoms with van der Waals surface area (Å²) in [4.78, 5) is 0. The van der Waals surface area contributed by atoms with Crippen molar-refractivity contribution in [1.29, 1.82) is 0 Å². The van der Waals surface area contributed by atoms with Crippen molar-refractivity contribution in [2.24, 2.45) is 17.6 Å². The van der Waals surface area contributed by atoms with E-state index in [0.717, 1.165) is 12.0 Å². The summed E-state index contributed by atoms with van der Waals surface area (Å²) >= 11 is 0. The maximum absolute atomic E-state index is 4.50. The van der Waals surface area contributed by atoms with Gasteiger partial charge in [0.05, 0.1) is 0 Å². The third-order valence-electron chi connectivity index (χ3n) is 4.20. The molecule has 2 N–H and O–H groups in total. The molecule has 2 unspecified atom stereocenters. The van der Waals surface area contributed by atoms with Crippen LogP contribution >= 0.6 is 0 Å². The van der Waals surface area contributed by atoms with Crippen LogP contribution in [0.5, 0.6) is 0 Å². The number of hydrogen-bond acceptors (Lipinski definition) is 1. The number of rotatable bonds is 4. The van der Waals surface area contributed by atoms with Gasteiger partial charge in [-0.2, -0.15) is 0 Å². The van der Waals surface area contributed by atoms with Crippen LogP contribution in [-0.4, -0.2) is 7.05 Å².